The van der Waals surface area contributed by atoms with Crippen molar-refractivity contribution >= 4 is 0 Å². The number of allylic oxidation sites excluding steroid dienone is 1. The second-order valence-corrected chi connectivity index (χ2v) is 28.3. The van der Waals surface area contributed by atoms with Crippen LogP contribution in [-0.2, 0) is 47.4 Å². The Morgan fingerprint density at radius 2 is 1.04 bits per heavy atom. The molecule has 0 bridgehead atoms. The molecule has 0 spiro atoms. The van der Waals surface area contributed by atoms with Crippen molar-refractivity contribution in [2.75, 3.05) is 33.0 Å². The van der Waals surface area contributed by atoms with Gasteiger partial charge < -0.3 is 129 Å². The number of fused-ring (bicyclic) bond motifs is 5. The molecule has 4 aliphatic carbocycles. The molecule has 5 saturated heterocycles. The number of aliphatic hydroxyl groups excluding tert-OH is 16. The zero-order chi connectivity index (χ0) is 62.4. The summed E-state index contributed by atoms with van der Waals surface area (Å²) >= 11 is 0. The molecule has 4 saturated carbocycles. The molecule has 26 nitrogen and oxygen atoms in total. The Kier molecular flexibility index (Phi) is 20.5. The van der Waals surface area contributed by atoms with E-state index in [4.69, 9.17) is 47.4 Å². The second-order valence-electron chi connectivity index (χ2n) is 28.3. The van der Waals surface area contributed by atoms with Gasteiger partial charge in [0.15, 0.2) is 31.5 Å². The van der Waals surface area contributed by atoms with E-state index in [0.717, 1.165) is 12.8 Å². The summed E-state index contributed by atoms with van der Waals surface area (Å²) in [4.78, 5) is 0. The molecule has 85 heavy (non-hydrogen) atoms. The maximum Gasteiger partial charge on any atom is 0.187 e. The van der Waals surface area contributed by atoms with Crippen molar-refractivity contribution in [1.29, 1.82) is 0 Å². The lowest BCUT2D eigenvalue weighted by Crippen LogP contribution is -2.69. The Morgan fingerprint density at radius 1 is 0.518 bits per heavy atom. The first-order valence-corrected chi connectivity index (χ1v) is 30.6. The molecule has 0 aromatic heterocycles. The van der Waals surface area contributed by atoms with E-state index in [0.29, 0.717) is 38.5 Å². The molecule has 9 aliphatic rings. The predicted molar refractivity (Wildman–Crippen MR) is 291 cm³/mol. The number of aliphatic hydroxyl groups is 16. The van der Waals surface area contributed by atoms with E-state index < -0.39 is 208 Å². The molecule has 5 aliphatic heterocycles. The van der Waals surface area contributed by atoms with Gasteiger partial charge >= 0.3 is 0 Å². The van der Waals surface area contributed by atoms with Crippen molar-refractivity contribution in [1.82, 2.24) is 0 Å². The third kappa shape index (κ3) is 11.8. The largest absolute Gasteiger partial charge is 0.394 e. The summed E-state index contributed by atoms with van der Waals surface area (Å²) < 4.78 is 61.2. The summed E-state index contributed by atoms with van der Waals surface area (Å²) in [5.41, 5.74) is -3.83. The summed E-state index contributed by atoms with van der Waals surface area (Å²) in [6.07, 6.45) is -29.5. The zero-order valence-corrected chi connectivity index (χ0v) is 50.3. The SMILES string of the molecule is CC(C)C=CCC(C)(OC1OC(COC2OC(CO)C(O)C2O)C(O)C(O)C1O)C1(C)CCC2(C)C1C(O)CC1C3(C)CCC(OC4OC(CO)C(O)C(O)C4OC4OC(CO)C(O)C(O)C4OC4OCC(O)C(O)C4O)C(C)(C)C3CCC12C. The molecule has 26 heteroatoms. The molecule has 0 radical (unpaired) electrons. The average molecular weight is 1230 g/mol. The smallest absolute Gasteiger partial charge is 0.187 e. The van der Waals surface area contributed by atoms with Gasteiger partial charge in [-0.05, 0) is 104 Å². The van der Waals surface area contributed by atoms with Crippen LogP contribution in [0.25, 0.3) is 0 Å². The molecule has 0 aromatic rings. The number of hydrogen-bond acceptors (Lipinski definition) is 26. The highest BCUT2D eigenvalue weighted by atomic mass is 16.8. The van der Waals surface area contributed by atoms with Gasteiger partial charge in [-0.25, -0.2) is 0 Å². The standard InChI is InChI=1S/C59H100O26/c1-25(2)11-10-14-59(9,85-51-45(75)40(70)39(69)31(81-51)24-77-49-44(74)38(68)30(22-62)78-49)58(8)18-17-57(7)48(58)26(63)19-33-55(5)15-13-34(54(3,4)32(55)12-16-56(33,57)6)82-52-46(41(71)36(66)28(20-60)79-52)84-53-47(42(72)37(67)29(21-61)80-53)83-50-43(73)35(65)27(64)23-76-50/h10-11,25-53,60-75H,12-24H2,1-9H3. The lowest BCUT2D eigenvalue weighted by molar-refractivity contribution is -0.395. The molecule has 5 heterocycles. The van der Waals surface area contributed by atoms with E-state index in [1.807, 2.05) is 26.8 Å². The summed E-state index contributed by atoms with van der Waals surface area (Å²) in [6.45, 7) is 16.3. The van der Waals surface area contributed by atoms with Crippen molar-refractivity contribution in [3.63, 3.8) is 0 Å². The van der Waals surface area contributed by atoms with Crippen molar-refractivity contribution in [2.45, 2.75) is 273 Å². The van der Waals surface area contributed by atoms with Crippen molar-refractivity contribution in [3.8, 4) is 0 Å². The molecular weight excluding hydrogens is 1120 g/mol. The molecule has 9 rings (SSSR count). The van der Waals surface area contributed by atoms with Crippen molar-refractivity contribution < 1.29 is 129 Å². The van der Waals surface area contributed by atoms with Gasteiger partial charge in [0.25, 0.3) is 0 Å². The van der Waals surface area contributed by atoms with Crippen LogP contribution in [0.2, 0.25) is 0 Å². The van der Waals surface area contributed by atoms with E-state index in [-0.39, 0.29) is 34.5 Å². The van der Waals surface area contributed by atoms with Gasteiger partial charge in [0, 0.05) is 5.41 Å². The summed E-state index contributed by atoms with van der Waals surface area (Å²) in [5, 5.41) is 175. The number of ether oxygens (including phenoxy) is 10. The topological polar surface area (TPSA) is 416 Å². The van der Waals surface area contributed by atoms with Gasteiger partial charge in [-0.2, -0.15) is 0 Å². The monoisotopic (exact) mass is 1220 g/mol. The molecule has 33 atom stereocenters. The van der Waals surface area contributed by atoms with Crippen LogP contribution in [0.3, 0.4) is 0 Å². The third-order valence-electron chi connectivity index (χ3n) is 22.9. The Hall–Kier alpha value is -1.30. The summed E-state index contributed by atoms with van der Waals surface area (Å²) in [6, 6.07) is 0. The van der Waals surface area contributed by atoms with Crippen LogP contribution in [0.15, 0.2) is 12.2 Å². The Balaban J connectivity index is 0.948. The van der Waals surface area contributed by atoms with Crippen molar-refractivity contribution in [3.05, 3.63) is 12.2 Å². The van der Waals surface area contributed by atoms with Crippen LogP contribution in [0.1, 0.15) is 114 Å². The quantitative estimate of drug-likeness (QED) is 0.0485. The Morgan fingerprint density at radius 3 is 1.62 bits per heavy atom. The van der Waals surface area contributed by atoms with Gasteiger partial charge in [0.2, 0.25) is 0 Å². The van der Waals surface area contributed by atoms with E-state index in [1.54, 1.807) is 0 Å². The van der Waals surface area contributed by atoms with Crippen LogP contribution >= 0.6 is 0 Å². The fourth-order valence-electron chi connectivity index (χ4n) is 17.6. The first-order chi connectivity index (χ1) is 39.8. The van der Waals surface area contributed by atoms with Gasteiger partial charge in [0.1, 0.15) is 110 Å². The van der Waals surface area contributed by atoms with Crippen LogP contribution < -0.4 is 0 Å². The first kappa shape index (κ1) is 68.1. The maximum atomic E-state index is 13.1. The molecule has 492 valence electrons. The minimum atomic E-state index is -1.89. The minimum Gasteiger partial charge on any atom is -0.394 e. The predicted octanol–water partition coefficient (Wildman–Crippen LogP) is -2.85. The zero-order valence-electron chi connectivity index (χ0n) is 50.3. The normalized spacial score (nSPS) is 53.5. The van der Waals surface area contributed by atoms with E-state index in [1.165, 1.54) is 0 Å². The highest BCUT2D eigenvalue weighted by Crippen LogP contribution is 2.78. The molecule has 0 amide bonds. The minimum absolute atomic E-state index is 0.0157. The number of hydrogen-bond donors (Lipinski definition) is 16. The molecule has 33 unspecified atom stereocenters. The van der Waals surface area contributed by atoms with Gasteiger partial charge in [0.05, 0.1) is 50.8 Å². The third-order valence-corrected chi connectivity index (χ3v) is 22.9. The Bertz CT molecular complexity index is 2250. The summed E-state index contributed by atoms with van der Waals surface area (Å²) in [5.74, 6) is -0.225. The number of rotatable bonds is 18. The van der Waals surface area contributed by atoms with Crippen LogP contribution in [-0.4, -0.2) is 274 Å². The fraction of sp³-hybridized carbons (Fsp3) is 0.966. The van der Waals surface area contributed by atoms with Crippen LogP contribution in [0.5, 0.6) is 0 Å². The molecule has 0 aromatic carbocycles. The van der Waals surface area contributed by atoms with E-state index in [2.05, 4.69) is 47.6 Å². The van der Waals surface area contributed by atoms with Gasteiger partial charge in [-0.15, -0.1) is 0 Å². The van der Waals surface area contributed by atoms with Crippen molar-refractivity contribution in [2.24, 2.45) is 50.7 Å². The average Bonchev–Trinajstić information content (AvgIpc) is 1.65. The maximum absolute atomic E-state index is 13.1. The molecule has 16 N–H and O–H groups in total. The highest BCUT2D eigenvalue weighted by molar-refractivity contribution is 5.23. The van der Waals surface area contributed by atoms with Gasteiger partial charge in [-0.3, -0.25) is 0 Å². The molecular formula is C59H100O26. The van der Waals surface area contributed by atoms with E-state index >= 15 is 0 Å². The molecule has 9 fully saturated rings. The van der Waals surface area contributed by atoms with Gasteiger partial charge in [-0.1, -0.05) is 67.5 Å². The van der Waals surface area contributed by atoms with Crippen LogP contribution in [0, 0.1) is 50.7 Å². The van der Waals surface area contributed by atoms with E-state index in [9.17, 15) is 81.7 Å². The Labute approximate surface area is 496 Å². The second kappa shape index (κ2) is 25.7. The first-order valence-electron chi connectivity index (χ1n) is 30.6. The fourth-order valence-corrected chi connectivity index (χ4v) is 17.6. The lowest BCUT2D eigenvalue weighted by Gasteiger charge is -2.71. The van der Waals surface area contributed by atoms with Crippen LogP contribution in [0.4, 0.5) is 0 Å². The highest BCUT2D eigenvalue weighted by Gasteiger charge is 2.75. The summed E-state index contributed by atoms with van der Waals surface area (Å²) in [7, 11) is 0. The lowest BCUT2D eigenvalue weighted by atomic mass is 9.34.